The number of carbonyl (C=O) groups is 1. The van der Waals surface area contributed by atoms with E-state index < -0.39 is 5.82 Å². The Kier molecular flexibility index (Phi) is 8.48. The van der Waals surface area contributed by atoms with Crippen LogP contribution in [0.3, 0.4) is 0 Å². The Bertz CT molecular complexity index is 1100. The van der Waals surface area contributed by atoms with Crippen LogP contribution in [-0.2, 0) is 11.4 Å². The fourth-order valence-corrected chi connectivity index (χ4v) is 4.75. The zero-order valence-corrected chi connectivity index (χ0v) is 21.0. The molecule has 36 heavy (non-hydrogen) atoms. The molecule has 0 bridgehead atoms. The maximum atomic E-state index is 13.6. The Morgan fingerprint density at radius 3 is 2.75 bits per heavy atom. The molecule has 9 nitrogen and oxygen atoms in total. The molecule has 1 aliphatic heterocycles. The summed E-state index contributed by atoms with van der Waals surface area (Å²) >= 11 is 0. The van der Waals surface area contributed by atoms with Crippen LogP contribution in [-0.4, -0.2) is 58.6 Å². The first-order valence-electron chi connectivity index (χ1n) is 12.4. The number of carbonyl (C=O) groups excluding carboxylic acids is 1. The lowest BCUT2D eigenvalue weighted by atomic mass is 9.81. The molecule has 2 aromatic rings. The quantitative estimate of drug-likeness (QED) is 0.486. The van der Waals surface area contributed by atoms with Crippen LogP contribution in [0.4, 0.5) is 4.39 Å². The number of aryl methyl sites for hydroxylation is 1. The van der Waals surface area contributed by atoms with Gasteiger partial charge in [-0.2, -0.15) is 0 Å². The average molecular weight is 500 g/mol. The summed E-state index contributed by atoms with van der Waals surface area (Å²) in [5.41, 5.74) is 2.25. The van der Waals surface area contributed by atoms with Crippen molar-refractivity contribution >= 4 is 11.6 Å². The normalized spacial score (nSPS) is 22.5. The average Bonchev–Trinajstić information content (AvgIpc) is 3.37. The highest BCUT2D eigenvalue weighted by Gasteiger charge is 2.34. The fraction of sp³-hybridized carbons (Fsp3) is 0.538. The molecule has 1 aromatic heterocycles. The zero-order chi connectivity index (χ0) is 25.7. The Hall–Kier alpha value is -3.11. The largest absolute Gasteiger partial charge is 0.494 e. The number of rotatable bonds is 9. The predicted octanol–water partition coefficient (Wildman–Crippen LogP) is 2.88. The number of aliphatic hydroxyl groups is 1. The number of aromatic nitrogens is 2. The first-order valence-corrected chi connectivity index (χ1v) is 12.4. The minimum Gasteiger partial charge on any atom is -0.494 e. The van der Waals surface area contributed by atoms with Crippen molar-refractivity contribution in [2.45, 2.75) is 70.7 Å². The highest BCUT2D eigenvalue weighted by Crippen LogP contribution is 2.33. The molecule has 2 heterocycles. The molecule has 4 rings (SSSR count). The molecule has 1 aliphatic carbocycles. The number of amides is 1. The van der Waals surface area contributed by atoms with E-state index in [1.165, 1.54) is 13.2 Å². The minimum atomic E-state index is -0.456. The van der Waals surface area contributed by atoms with Gasteiger partial charge in [0, 0.05) is 25.6 Å². The third-order valence-electron chi connectivity index (χ3n) is 6.73. The zero-order valence-electron chi connectivity index (χ0n) is 21.0. The van der Waals surface area contributed by atoms with Crippen molar-refractivity contribution in [3.63, 3.8) is 0 Å². The number of halogens is 1. The molecule has 1 unspecified atom stereocenters. The maximum Gasteiger partial charge on any atom is 0.270 e. The van der Waals surface area contributed by atoms with Gasteiger partial charge < -0.3 is 25.3 Å². The summed E-state index contributed by atoms with van der Waals surface area (Å²) in [6, 6.07) is 6.51. The SMILES string of the molecule is COc1cc(CNC(=O)c2cc(C3=NOC(C4CCC(NC[C@H](C)O)CC4)C3)nc(C)n2)ccc1F. The van der Waals surface area contributed by atoms with Gasteiger partial charge in [-0.3, -0.25) is 4.79 Å². The second-order valence-electron chi connectivity index (χ2n) is 9.59. The number of nitrogens with one attached hydrogen (secondary N) is 2. The van der Waals surface area contributed by atoms with E-state index in [4.69, 9.17) is 9.57 Å². The smallest absolute Gasteiger partial charge is 0.270 e. The molecule has 0 saturated heterocycles. The second-order valence-corrected chi connectivity index (χ2v) is 9.59. The first kappa shape index (κ1) is 26.0. The second kappa shape index (κ2) is 11.7. The molecule has 2 aliphatic rings. The molecule has 194 valence electrons. The monoisotopic (exact) mass is 499 g/mol. The van der Waals surface area contributed by atoms with Gasteiger partial charge in [0.25, 0.3) is 5.91 Å². The van der Waals surface area contributed by atoms with Gasteiger partial charge >= 0.3 is 0 Å². The summed E-state index contributed by atoms with van der Waals surface area (Å²) in [6.07, 6.45) is 4.46. The van der Waals surface area contributed by atoms with Crippen molar-refractivity contribution in [3.8, 4) is 5.75 Å². The van der Waals surface area contributed by atoms with Crippen LogP contribution in [0.2, 0.25) is 0 Å². The van der Waals surface area contributed by atoms with Gasteiger partial charge in [0.05, 0.1) is 18.9 Å². The molecule has 0 spiro atoms. The van der Waals surface area contributed by atoms with Crippen molar-refractivity contribution in [3.05, 3.63) is 52.9 Å². The maximum absolute atomic E-state index is 13.6. The van der Waals surface area contributed by atoms with E-state index in [0.29, 0.717) is 42.0 Å². The minimum absolute atomic E-state index is 0.00119. The van der Waals surface area contributed by atoms with E-state index in [1.54, 1.807) is 32.0 Å². The van der Waals surface area contributed by atoms with Crippen LogP contribution >= 0.6 is 0 Å². The number of hydrogen-bond acceptors (Lipinski definition) is 8. The Balaban J connectivity index is 1.33. The van der Waals surface area contributed by atoms with Crippen LogP contribution in [0.1, 0.15) is 66.6 Å². The molecular formula is C26H34FN5O4. The Labute approximate surface area is 210 Å². The standard InChI is InChI=1S/C26H34FN5O4/c1-15(33)13-28-19-7-5-18(6-8-19)24-12-22(32-36-24)21-11-23(31-16(2)30-21)26(34)29-14-17-4-9-20(27)25(10-17)35-3/h4,9-11,15,18-19,24,28,33H,5-8,12-14H2,1-3H3,(H,29,34)/t15-,18?,19?,24?/m0/s1. The summed E-state index contributed by atoms with van der Waals surface area (Å²) in [4.78, 5) is 27.4. The van der Waals surface area contributed by atoms with Crippen LogP contribution in [0.15, 0.2) is 29.4 Å². The van der Waals surface area contributed by atoms with E-state index >= 15 is 0 Å². The fourth-order valence-electron chi connectivity index (χ4n) is 4.75. The van der Waals surface area contributed by atoms with E-state index in [1.807, 2.05) is 0 Å². The van der Waals surface area contributed by atoms with Crippen LogP contribution < -0.4 is 15.4 Å². The summed E-state index contributed by atoms with van der Waals surface area (Å²) < 4.78 is 18.6. The Morgan fingerprint density at radius 2 is 2.03 bits per heavy atom. The van der Waals surface area contributed by atoms with Crippen LogP contribution in [0.5, 0.6) is 5.75 Å². The molecule has 2 atom stereocenters. The molecular weight excluding hydrogens is 465 g/mol. The van der Waals surface area contributed by atoms with E-state index in [9.17, 15) is 14.3 Å². The topological polar surface area (TPSA) is 118 Å². The van der Waals surface area contributed by atoms with Crippen LogP contribution in [0, 0.1) is 18.7 Å². The van der Waals surface area contributed by atoms with Gasteiger partial charge in [-0.05, 0) is 69.2 Å². The third kappa shape index (κ3) is 6.55. The number of aliphatic hydroxyl groups excluding tert-OH is 1. The van der Waals surface area contributed by atoms with Gasteiger partial charge in [0.2, 0.25) is 0 Å². The van der Waals surface area contributed by atoms with E-state index in [-0.39, 0.29) is 36.1 Å². The lowest BCUT2D eigenvalue weighted by molar-refractivity contribution is 0.0228. The number of ether oxygens (including phenoxy) is 1. The molecule has 1 saturated carbocycles. The molecule has 1 fully saturated rings. The van der Waals surface area contributed by atoms with Gasteiger partial charge in [0.1, 0.15) is 23.3 Å². The highest BCUT2D eigenvalue weighted by atomic mass is 19.1. The first-order chi connectivity index (χ1) is 17.3. The summed E-state index contributed by atoms with van der Waals surface area (Å²) in [5, 5.41) is 20.0. The third-order valence-corrected chi connectivity index (χ3v) is 6.73. The molecule has 1 amide bonds. The predicted molar refractivity (Wildman–Crippen MR) is 132 cm³/mol. The lowest BCUT2D eigenvalue weighted by Gasteiger charge is -2.31. The molecule has 0 radical (unpaired) electrons. The van der Waals surface area contributed by atoms with Crippen molar-refractivity contribution in [1.82, 2.24) is 20.6 Å². The Morgan fingerprint density at radius 1 is 1.25 bits per heavy atom. The molecule has 1 aromatic carbocycles. The van der Waals surface area contributed by atoms with Gasteiger partial charge in [0.15, 0.2) is 11.6 Å². The number of nitrogens with zero attached hydrogens (tertiary/aromatic N) is 3. The van der Waals surface area contributed by atoms with Crippen LogP contribution in [0.25, 0.3) is 0 Å². The van der Waals surface area contributed by atoms with Gasteiger partial charge in [-0.1, -0.05) is 11.2 Å². The summed E-state index contributed by atoms with van der Waals surface area (Å²) in [7, 11) is 1.40. The van der Waals surface area contributed by atoms with Gasteiger partial charge in [-0.25, -0.2) is 14.4 Å². The molecule has 3 N–H and O–H groups in total. The van der Waals surface area contributed by atoms with Crippen molar-refractivity contribution in [2.24, 2.45) is 11.1 Å². The summed E-state index contributed by atoms with van der Waals surface area (Å²) in [5.74, 6) is 0.193. The van der Waals surface area contributed by atoms with E-state index in [2.05, 4.69) is 25.8 Å². The lowest BCUT2D eigenvalue weighted by Crippen LogP contribution is -2.39. The van der Waals surface area contributed by atoms with Crippen molar-refractivity contribution in [2.75, 3.05) is 13.7 Å². The number of benzene rings is 1. The van der Waals surface area contributed by atoms with Crippen molar-refractivity contribution in [1.29, 1.82) is 0 Å². The van der Waals surface area contributed by atoms with Crippen molar-refractivity contribution < 1.29 is 23.9 Å². The number of oxime groups is 1. The highest BCUT2D eigenvalue weighted by molar-refractivity contribution is 6.01. The van der Waals surface area contributed by atoms with E-state index in [0.717, 1.165) is 31.4 Å². The summed E-state index contributed by atoms with van der Waals surface area (Å²) in [6.45, 7) is 4.34. The number of hydrogen-bond donors (Lipinski definition) is 3. The molecule has 10 heteroatoms. The van der Waals surface area contributed by atoms with Gasteiger partial charge in [-0.15, -0.1) is 0 Å². The number of methoxy groups -OCH3 is 1.